The number of benzene rings is 1. The molecule has 7 heteroatoms. The number of thioether (sulfide) groups is 1. The van der Waals surface area contributed by atoms with Gasteiger partial charge in [-0.15, -0.1) is 11.8 Å². The Hall–Kier alpha value is -2.54. The summed E-state index contributed by atoms with van der Waals surface area (Å²) < 4.78 is 4.97. The van der Waals surface area contributed by atoms with E-state index in [0.717, 1.165) is 11.3 Å². The molecule has 1 aromatic carbocycles. The lowest BCUT2D eigenvalue weighted by Crippen LogP contribution is -2.25. The largest absolute Gasteiger partial charge is 0.481 e. The van der Waals surface area contributed by atoms with E-state index in [0.29, 0.717) is 11.6 Å². The Morgan fingerprint density at radius 1 is 1.12 bits per heavy atom. The molecule has 0 spiro atoms. The number of nitrogens with zero attached hydrogens (tertiary/aromatic N) is 1. The molecule has 0 aliphatic carbocycles. The summed E-state index contributed by atoms with van der Waals surface area (Å²) in [7, 11) is 1.53. The van der Waals surface area contributed by atoms with E-state index in [2.05, 4.69) is 15.6 Å². The number of ether oxygens (including phenoxy) is 1. The normalized spacial score (nSPS) is 11.5. The van der Waals surface area contributed by atoms with Gasteiger partial charge in [-0.25, -0.2) is 4.98 Å². The number of nitrogens with one attached hydrogen (secondary N) is 2. The minimum Gasteiger partial charge on any atom is -0.481 e. The lowest BCUT2D eigenvalue weighted by atomic mass is 10.2. The molecular weight excluding hydrogens is 338 g/mol. The van der Waals surface area contributed by atoms with E-state index in [1.54, 1.807) is 19.1 Å². The second-order valence-corrected chi connectivity index (χ2v) is 6.78. The van der Waals surface area contributed by atoms with E-state index in [1.807, 2.05) is 31.2 Å². The van der Waals surface area contributed by atoms with Gasteiger partial charge >= 0.3 is 0 Å². The highest BCUT2D eigenvalue weighted by Gasteiger charge is 2.15. The molecule has 6 nitrogen and oxygen atoms in total. The molecule has 25 heavy (non-hydrogen) atoms. The second-order valence-electron chi connectivity index (χ2n) is 5.45. The number of hydrogen-bond acceptors (Lipinski definition) is 5. The van der Waals surface area contributed by atoms with Crippen LogP contribution in [0.15, 0.2) is 42.6 Å². The van der Waals surface area contributed by atoms with E-state index in [-0.39, 0.29) is 22.8 Å². The van der Waals surface area contributed by atoms with Gasteiger partial charge in [0.25, 0.3) is 0 Å². The summed E-state index contributed by atoms with van der Waals surface area (Å²) in [5.74, 6) is 0.358. The maximum atomic E-state index is 12.2. The topological polar surface area (TPSA) is 80.3 Å². The number of methoxy groups -OCH3 is 1. The van der Waals surface area contributed by atoms with Gasteiger partial charge in [0.1, 0.15) is 0 Å². The average molecular weight is 359 g/mol. The first-order valence-corrected chi connectivity index (χ1v) is 8.82. The molecule has 1 heterocycles. The summed E-state index contributed by atoms with van der Waals surface area (Å²) in [5.41, 5.74) is 2.46. The van der Waals surface area contributed by atoms with Crippen LogP contribution < -0.4 is 15.4 Å². The van der Waals surface area contributed by atoms with Crippen LogP contribution in [0, 0.1) is 6.92 Å². The minimum atomic E-state index is -0.370. The summed E-state index contributed by atoms with van der Waals surface area (Å²) in [6, 6.07) is 11.0. The molecule has 132 valence electrons. The van der Waals surface area contributed by atoms with Crippen molar-refractivity contribution in [2.24, 2.45) is 0 Å². The molecule has 0 aliphatic rings. The van der Waals surface area contributed by atoms with Gasteiger partial charge in [0.15, 0.2) is 0 Å². The Morgan fingerprint density at radius 3 is 2.40 bits per heavy atom. The lowest BCUT2D eigenvalue weighted by Gasteiger charge is -2.12. The third-order valence-corrected chi connectivity index (χ3v) is 4.52. The van der Waals surface area contributed by atoms with Gasteiger partial charge in [-0.1, -0.05) is 17.7 Å². The van der Waals surface area contributed by atoms with Crippen molar-refractivity contribution in [3.8, 4) is 5.88 Å². The van der Waals surface area contributed by atoms with Gasteiger partial charge in [0.2, 0.25) is 17.7 Å². The Kier molecular flexibility index (Phi) is 6.82. The maximum absolute atomic E-state index is 12.2. The van der Waals surface area contributed by atoms with Gasteiger partial charge in [-0.3, -0.25) is 9.59 Å². The molecule has 0 bridgehead atoms. The molecule has 0 fully saturated rings. The first-order chi connectivity index (χ1) is 12.0. The number of anilines is 2. The average Bonchev–Trinajstić information content (AvgIpc) is 2.62. The van der Waals surface area contributed by atoms with E-state index in [9.17, 15) is 9.59 Å². The Labute approximate surface area is 151 Å². The third kappa shape index (κ3) is 6.11. The van der Waals surface area contributed by atoms with Gasteiger partial charge < -0.3 is 15.4 Å². The van der Waals surface area contributed by atoms with E-state index in [4.69, 9.17) is 4.74 Å². The van der Waals surface area contributed by atoms with Crippen molar-refractivity contribution in [2.75, 3.05) is 23.5 Å². The zero-order chi connectivity index (χ0) is 18.2. The number of rotatable bonds is 7. The number of carbonyl (C=O) groups excluding carboxylic acids is 2. The molecule has 0 aliphatic heterocycles. The molecule has 2 N–H and O–H groups in total. The summed E-state index contributed by atoms with van der Waals surface area (Å²) >= 11 is 1.27. The van der Waals surface area contributed by atoms with Crippen LogP contribution in [0.1, 0.15) is 12.5 Å². The van der Waals surface area contributed by atoms with Gasteiger partial charge in [0, 0.05) is 11.8 Å². The fourth-order valence-corrected chi connectivity index (χ4v) is 2.61. The SMILES string of the molecule is COc1ccc(NC(=O)[C@@H](C)SCC(=O)Nc2ccc(C)cc2)cn1. The molecule has 2 amide bonds. The smallest absolute Gasteiger partial charge is 0.237 e. The molecule has 2 rings (SSSR count). The zero-order valence-corrected chi connectivity index (χ0v) is 15.2. The zero-order valence-electron chi connectivity index (χ0n) is 14.4. The van der Waals surface area contributed by atoms with Crippen molar-refractivity contribution in [3.63, 3.8) is 0 Å². The highest BCUT2D eigenvalue weighted by Crippen LogP contribution is 2.16. The van der Waals surface area contributed by atoms with Gasteiger partial charge in [0.05, 0.1) is 30.0 Å². The molecular formula is C18H21N3O3S. The number of carbonyl (C=O) groups is 2. The molecule has 2 aromatic rings. The van der Waals surface area contributed by atoms with Gasteiger partial charge in [-0.05, 0) is 32.0 Å². The number of aryl methyl sites for hydroxylation is 1. The first-order valence-electron chi connectivity index (χ1n) is 7.77. The van der Waals surface area contributed by atoms with Crippen molar-refractivity contribution < 1.29 is 14.3 Å². The van der Waals surface area contributed by atoms with Crippen LogP contribution in [-0.2, 0) is 9.59 Å². The lowest BCUT2D eigenvalue weighted by molar-refractivity contribution is -0.115. The molecule has 0 saturated carbocycles. The monoisotopic (exact) mass is 359 g/mol. The van der Waals surface area contributed by atoms with Crippen LogP contribution in [0.5, 0.6) is 5.88 Å². The predicted molar refractivity (Wildman–Crippen MR) is 101 cm³/mol. The van der Waals surface area contributed by atoms with Crippen molar-refractivity contribution in [1.29, 1.82) is 0 Å². The summed E-state index contributed by atoms with van der Waals surface area (Å²) in [5, 5.41) is 5.20. The highest BCUT2D eigenvalue weighted by atomic mass is 32.2. The number of pyridine rings is 1. The summed E-state index contributed by atoms with van der Waals surface area (Å²) in [6.07, 6.45) is 1.53. The molecule has 0 radical (unpaired) electrons. The third-order valence-electron chi connectivity index (χ3n) is 3.38. The highest BCUT2D eigenvalue weighted by molar-refractivity contribution is 8.01. The number of aromatic nitrogens is 1. The fourth-order valence-electron chi connectivity index (χ4n) is 1.93. The van der Waals surface area contributed by atoms with Crippen molar-refractivity contribution in [1.82, 2.24) is 4.98 Å². The fraction of sp³-hybridized carbons (Fsp3) is 0.278. The number of amides is 2. The van der Waals surface area contributed by atoms with E-state index >= 15 is 0 Å². The standard InChI is InChI=1S/C18H21N3O3S/c1-12-4-6-14(7-5-12)20-16(22)11-25-13(2)18(23)21-15-8-9-17(24-3)19-10-15/h4-10,13H,11H2,1-3H3,(H,20,22)(H,21,23)/t13-/m1/s1. The van der Waals surface area contributed by atoms with Gasteiger partial charge in [-0.2, -0.15) is 0 Å². The second kappa shape index (κ2) is 9.08. The Balaban J connectivity index is 1.77. The summed E-state index contributed by atoms with van der Waals surface area (Å²) in [4.78, 5) is 28.1. The molecule has 0 saturated heterocycles. The van der Waals surface area contributed by atoms with Crippen molar-refractivity contribution in [2.45, 2.75) is 19.1 Å². The maximum Gasteiger partial charge on any atom is 0.237 e. The Morgan fingerprint density at radius 2 is 1.80 bits per heavy atom. The van der Waals surface area contributed by atoms with Crippen molar-refractivity contribution >= 4 is 35.0 Å². The van der Waals surface area contributed by atoms with Crippen LogP contribution >= 0.6 is 11.8 Å². The van der Waals surface area contributed by atoms with Crippen LogP contribution in [0.4, 0.5) is 11.4 Å². The Bertz CT molecular complexity index is 717. The predicted octanol–water partition coefficient (Wildman–Crippen LogP) is 3.10. The number of hydrogen-bond donors (Lipinski definition) is 2. The molecule has 1 atom stereocenters. The minimum absolute atomic E-state index is 0.139. The van der Waals surface area contributed by atoms with Crippen LogP contribution in [0.25, 0.3) is 0 Å². The first kappa shape index (κ1) is 18.8. The molecule has 1 aromatic heterocycles. The van der Waals surface area contributed by atoms with Crippen molar-refractivity contribution in [3.05, 3.63) is 48.2 Å². The van der Waals surface area contributed by atoms with E-state index in [1.165, 1.54) is 25.1 Å². The van der Waals surface area contributed by atoms with Crippen LogP contribution in [0.2, 0.25) is 0 Å². The molecule has 0 unspecified atom stereocenters. The van der Waals surface area contributed by atoms with Crippen LogP contribution in [-0.4, -0.2) is 34.9 Å². The quantitative estimate of drug-likeness (QED) is 0.794. The van der Waals surface area contributed by atoms with E-state index < -0.39 is 0 Å². The summed E-state index contributed by atoms with van der Waals surface area (Å²) in [6.45, 7) is 3.75. The van der Waals surface area contributed by atoms with Crippen LogP contribution in [0.3, 0.4) is 0 Å².